The molecule has 0 unspecified atom stereocenters. The SMILES string of the molecule is Cc1cc(C)nc(NS(=O)(=O)c2ccc(NCc3c(Cl)cccc3Cl)cc2)n1. The van der Waals surface area contributed by atoms with E-state index in [1.165, 1.54) is 12.1 Å². The van der Waals surface area contributed by atoms with E-state index >= 15 is 0 Å². The van der Waals surface area contributed by atoms with E-state index in [2.05, 4.69) is 20.0 Å². The van der Waals surface area contributed by atoms with Gasteiger partial charge in [0.15, 0.2) is 0 Å². The zero-order chi connectivity index (χ0) is 20.3. The van der Waals surface area contributed by atoms with Crippen LogP contribution in [0.15, 0.2) is 53.4 Å². The summed E-state index contributed by atoms with van der Waals surface area (Å²) >= 11 is 12.3. The quantitative estimate of drug-likeness (QED) is 0.578. The fourth-order valence-corrected chi connectivity index (χ4v) is 4.07. The van der Waals surface area contributed by atoms with Crippen LogP contribution in [0.3, 0.4) is 0 Å². The van der Waals surface area contributed by atoms with Crippen molar-refractivity contribution in [3.63, 3.8) is 0 Å². The van der Waals surface area contributed by atoms with Crippen molar-refractivity contribution in [3.8, 4) is 0 Å². The van der Waals surface area contributed by atoms with Crippen LogP contribution in [-0.2, 0) is 16.6 Å². The molecular formula is C19H18Cl2N4O2S. The molecular weight excluding hydrogens is 419 g/mol. The molecule has 0 bridgehead atoms. The molecule has 2 N–H and O–H groups in total. The Hall–Kier alpha value is -2.35. The zero-order valence-corrected chi connectivity index (χ0v) is 17.5. The Morgan fingerprint density at radius 1 is 0.929 bits per heavy atom. The summed E-state index contributed by atoms with van der Waals surface area (Å²) in [6, 6.07) is 13.4. The fraction of sp³-hybridized carbons (Fsp3) is 0.158. The van der Waals surface area contributed by atoms with E-state index in [9.17, 15) is 8.42 Å². The molecule has 0 aliphatic carbocycles. The van der Waals surface area contributed by atoms with Crippen molar-refractivity contribution >= 4 is 44.9 Å². The van der Waals surface area contributed by atoms with Crippen molar-refractivity contribution < 1.29 is 8.42 Å². The topological polar surface area (TPSA) is 84.0 Å². The third-order valence-corrected chi connectivity index (χ3v) is 5.96. The monoisotopic (exact) mass is 436 g/mol. The van der Waals surface area contributed by atoms with Gasteiger partial charge in [-0.25, -0.2) is 23.1 Å². The Bertz CT molecular complexity index is 1060. The molecule has 1 heterocycles. The number of nitrogens with zero attached hydrogens (tertiary/aromatic N) is 2. The molecule has 0 spiro atoms. The second kappa shape index (κ2) is 8.34. The molecule has 0 aliphatic rings. The van der Waals surface area contributed by atoms with Gasteiger partial charge in [0, 0.05) is 39.2 Å². The average Bonchev–Trinajstić information content (AvgIpc) is 2.60. The Kier molecular flexibility index (Phi) is 6.07. The van der Waals surface area contributed by atoms with Crippen molar-refractivity contribution in [1.82, 2.24) is 9.97 Å². The maximum Gasteiger partial charge on any atom is 0.264 e. The van der Waals surface area contributed by atoms with Crippen molar-refractivity contribution in [1.29, 1.82) is 0 Å². The van der Waals surface area contributed by atoms with Gasteiger partial charge in [-0.1, -0.05) is 29.3 Å². The number of halogens is 2. The van der Waals surface area contributed by atoms with Crippen molar-refractivity contribution in [2.24, 2.45) is 0 Å². The number of anilines is 2. The summed E-state index contributed by atoms with van der Waals surface area (Å²) in [4.78, 5) is 8.31. The minimum Gasteiger partial charge on any atom is -0.381 e. The van der Waals surface area contributed by atoms with Crippen LogP contribution in [0.2, 0.25) is 10.0 Å². The maximum absolute atomic E-state index is 12.6. The highest BCUT2D eigenvalue weighted by Crippen LogP contribution is 2.25. The van der Waals surface area contributed by atoms with E-state index in [0.29, 0.717) is 28.0 Å². The second-order valence-electron chi connectivity index (χ2n) is 6.16. The molecule has 0 aliphatic heterocycles. The van der Waals surface area contributed by atoms with Crippen LogP contribution in [0.5, 0.6) is 0 Å². The Morgan fingerprint density at radius 3 is 2.07 bits per heavy atom. The van der Waals surface area contributed by atoms with Gasteiger partial charge in [-0.05, 0) is 56.3 Å². The molecule has 146 valence electrons. The van der Waals surface area contributed by atoms with Gasteiger partial charge in [-0.15, -0.1) is 0 Å². The van der Waals surface area contributed by atoms with Gasteiger partial charge in [0.1, 0.15) is 0 Å². The number of rotatable bonds is 6. The Morgan fingerprint density at radius 2 is 1.50 bits per heavy atom. The third kappa shape index (κ3) is 4.92. The fourth-order valence-electron chi connectivity index (χ4n) is 2.59. The van der Waals surface area contributed by atoms with Crippen LogP contribution in [0, 0.1) is 13.8 Å². The number of nitrogens with one attached hydrogen (secondary N) is 2. The summed E-state index contributed by atoms with van der Waals surface area (Å²) in [6.07, 6.45) is 0. The maximum atomic E-state index is 12.6. The van der Waals surface area contributed by atoms with Crippen molar-refractivity contribution in [2.45, 2.75) is 25.3 Å². The number of sulfonamides is 1. The average molecular weight is 437 g/mol. The molecule has 0 saturated heterocycles. The van der Waals surface area contributed by atoms with Crippen molar-refractivity contribution in [2.75, 3.05) is 10.0 Å². The molecule has 3 rings (SSSR count). The molecule has 28 heavy (non-hydrogen) atoms. The highest BCUT2D eigenvalue weighted by atomic mass is 35.5. The molecule has 6 nitrogen and oxygen atoms in total. The third-order valence-electron chi connectivity index (χ3n) is 3.90. The van der Waals surface area contributed by atoms with Crippen molar-refractivity contribution in [3.05, 3.63) is 75.5 Å². The van der Waals surface area contributed by atoms with E-state index in [1.807, 2.05) is 0 Å². The van der Waals surface area contributed by atoms with Gasteiger partial charge in [-0.2, -0.15) is 0 Å². The van der Waals surface area contributed by atoms with Gasteiger partial charge in [0.25, 0.3) is 10.0 Å². The lowest BCUT2D eigenvalue weighted by atomic mass is 10.2. The lowest BCUT2D eigenvalue weighted by Gasteiger charge is -2.11. The normalized spacial score (nSPS) is 11.3. The number of aromatic nitrogens is 2. The van der Waals surface area contributed by atoms with Crippen LogP contribution in [-0.4, -0.2) is 18.4 Å². The number of hydrogen-bond donors (Lipinski definition) is 2. The molecule has 2 aromatic carbocycles. The first kappa shape index (κ1) is 20.4. The van der Waals surface area contributed by atoms with E-state index in [-0.39, 0.29) is 10.8 Å². The first-order valence-corrected chi connectivity index (χ1v) is 10.6. The summed E-state index contributed by atoms with van der Waals surface area (Å²) < 4.78 is 27.5. The minimum atomic E-state index is -3.79. The van der Waals surface area contributed by atoms with E-state index < -0.39 is 10.0 Å². The smallest absolute Gasteiger partial charge is 0.264 e. The summed E-state index contributed by atoms with van der Waals surface area (Å²) in [7, 11) is -3.79. The van der Waals surface area contributed by atoms with Crippen LogP contribution in [0.1, 0.15) is 17.0 Å². The molecule has 0 fully saturated rings. The van der Waals surface area contributed by atoms with Gasteiger partial charge >= 0.3 is 0 Å². The van der Waals surface area contributed by atoms with Gasteiger partial charge in [0.05, 0.1) is 4.90 Å². The summed E-state index contributed by atoms with van der Waals surface area (Å²) in [6.45, 7) is 3.97. The molecule has 0 amide bonds. The number of hydrogen-bond acceptors (Lipinski definition) is 5. The predicted molar refractivity (Wildman–Crippen MR) is 113 cm³/mol. The van der Waals surface area contributed by atoms with E-state index in [0.717, 1.165) is 11.3 Å². The summed E-state index contributed by atoms with van der Waals surface area (Å²) in [5, 5.41) is 4.31. The van der Waals surface area contributed by atoms with Gasteiger partial charge < -0.3 is 5.32 Å². The molecule has 0 atom stereocenters. The van der Waals surface area contributed by atoms with Gasteiger partial charge in [0.2, 0.25) is 5.95 Å². The lowest BCUT2D eigenvalue weighted by molar-refractivity contribution is 0.601. The molecule has 3 aromatic rings. The van der Waals surface area contributed by atoms with Gasteiger partial charge in [-0.3, -0.25) is 0 Å². The van der Waals surface area contributed by atoms with Crippen LogP contribution >= 0.6 is 23.2 Å². The molecule has 9 heteroatoms. The highest BCUT2D eigenvalue weighted by molar-refractivity contribution is 7.92. The number of benzene rings is 2. The van der Waals surface area contributed by atoms with Crippen LogP contribution in [0.4, 0.5) is 11.6 Å². The van der Waals surface area contributed by atoms with Crippen LogP contribution < -0.4 is 10.0 Å². The molecule has 1 aromatic heterocycles. The first-order chi connectivity index (χ1) is 13.2. The zero-order valence-electron chi connectivity index (χ0n) is 15.2. The molecule has 0 radical (unpaired) electrons. The summed E-state index contributed by atoms with van der Waals surface area (Å²) in [5.41, 5.74) is 2.87. The molecule has 0 saturated carbocycles. The van der Waals surface area contributed by atoms with E-state index in [4.69, 9.17) is 23.2 Å². The predicted octanol–water partition coefficient (Wildman–Crippen LogP) is 4.81. The summed E-state index contributed by atoms with van der Waals surface area (Å²) in [5.74, 6) is 0.0491. The minimum absolute atomic E-state index is 0.0491. The number of aryl methyl sites for hydroxylation is 2. The Labute approximate surface area is 174 Å². The van der Waals surface area contributed by atoms with E-state index in [1.54, 1.807) is 50.2 Å². The Balaban J connectivity index is 1.72. The second-order valence-corrected chi connectivity index (χ2v) is 8.65. The largest absolute Gasteiger partial charge is 0.381 e. The highest BCUT2D eigenvalue weighted by Gasteiger charge is 2.16. The lowest BCUT2D eigenvalue weighted by Crippen LogP contribution is -2.15. The van der Waals surface area contributed by atoms with Crippen LogP contribution in [0.25, 0.3) is 0 Å². The standard InChI is InChI=1S/C19H18Cl2N4O2S/c1-12-10-13(2)24-19(23-12)25-28(26,27)15-8-6-14(7-9-15)22-11-16-17(20)4-3-5-18(16)21/h3-10,22H,11H2,1-2H3,(H,23,24,25). The first-order valence-electron chi connectivity index (χ1n) is 8.36.